The number of halogens is 1. The maximum Gasteiger partial charge on any atom is 0.191 e. The molecule has 1 heterocycles. The van der Waals surface area contributed by atoms with E-state index in [0.29, 0.717) is 0 Å². The fourth-order valence-electron chi connectivity index (χ4n) is 2.98. The van der Waals surface area contributed by atoms with E-state index in [-0.39, 0.29) is 24.0 Å². The lowest BCUT2D eigenvalue weighted by Gasteiger charge is -2.13. The average molecular weight is 499 g/mol. The van der Waals surface area contributed by atoms with Gasteiger partial charge in [-0.15, -0.1) is 24.0 Å². The predicted octanol–water partition coefficient (Wildman–Crippen LogP) is 3.70. The third-order valence-corrected chi connectivity index (χ3v) is 4.47. The van der Waals surface area contributed by atoms with Gasteiger partial charge >= 0.3 is 0 Å². The van der Waals surface area contributed by atoms with Crippen LogP contribution in [0.25, 0.3) is 0 Å². The number of aromatic nitrogens is 2. The summed E-state index contributed by atoms with van der Waals surface area (Å²) in [7, 11) is 1.72. The van der Waals surface area contributed by atoms with E-state index in [0.717, 1.165) is 63.0 Å². The van der Waals surface area contributed by atoms with Crippen LogP contribution in [0.2, 0.25) is 0 Å². The van der Waals surface area contributed by atoms with Crippen molar-refractivity contribution in [2.24, 2.45) is 4.99 Å². The van der Waals surface area contributed by atoms with Gasteiger partial charge in [0.1, 0.15) is 11.6 Å². The number of unbranched alkanes of at least 4 members (excludes halogenated alkanes) is 1. The highest BCUT2D eigenvalue weighted by Gasteiger charge is 2.04. The predicted molar refractivity (Wildman–Crippen MR) is 127 cm³/mol. The van der Waals surface area contributed by atoms with Gasteiger partial charge in [-0.05, 0) is 51.7 Å². The Morgan fingerprint density at radius 1 is 1.21 bits per heavy atom. The number of hydrogen-bond acceptors (Lipinski definition) is 3. The Bertz CT molecular complexity index is 729. The zero-order chi connectivity index (χ0) is 19.5. The molecular weight excluding hydrogens is 465 g/mol. The van der Waals surface area contributed by atoms with Crippen LogP contribution in [0.3, 0.4) is 0 Å². The first-order chi connectivity index (χ1) is 13.1. The Morgan fingerprint density at radius 2 is 2.04 bits per heavy atom. The SMILES string of the molecule is CCNC(=NCCCCn1ccnc1C)NCCc1cc(C)ccc1OC.I. The highest BCUT2D eigenvalue weighted by Crippen LogP contribution is 2.19. The van der Waals surface area contributed by atoms with E-state index in [2.05, 4.69) is 51.2 Å². The van der Waals surface area contributed by atoms with Gasteiger partial charge in [-0.2, -0.15) is 0 Å². The Kier molecular flexibility index (Phi) is 11.6. The number of aryl methyl sites for hydroxylation is 3. The van der Waals surface area contributed by atoms with Crippen LogP contribution < -0.4 is 15.4 Å². The molecule has 0 fully saturated rings. The van der Waals surface area contributed by atoms with Crippen molar-refractivity contribution in [1.29, 1.82) is 0 Å². The minimum atomic E-state index is 0. The summed E-state index contributed by atoms with van der Waals surface area (Å²) in [6, 6.07) is 6.29. The van der Waals surface area contributed by atoms with Crippen molar-refractivity contribution in [3.05, 3.63) is 47.5 Å². The number of methoxy groups -OCH3 is 1. The second-order valence-electron chi connectivity index (χ2n) is 6.63. The summed E-state index contributed by atoms with van der Waals surface area (Å²) in [6.07, 6.45) is 6.93. The number of aliphatic imine (C=N–C) groups is 1. The van der Waals surface area contributed by atoms with Gasteiger partial charge in [-0.25, -0.2) is 4.98 Å². The van der Waals surface area contributed by atoms with Gasteiger partial charge in [0.25, 0.3) is 0 Å². The molecule has 0 saturated heterocycles. The number of ether oxygens (including phenoxy) is 1. The molecule has 0 saturated carbocycles. The standard InChI is InChI=1S/C21H33N5O.HI/c1-5-22-21(24-11-6-7-14-26-15-13-23-18(26)3)25-12-10-19-16-17(2)8-9-20(19)27-4;/h8-9,13,15-16H,5-7,10-12,14H2,1-4H3,(H2,22,24,25);1H. The van der Waals surface area contributed by atoms with E-state index in [1.54, 1.807) is 7.11 Å². The van der Waals surface area contributed by atoms with Crippen molar-refractivity contribution in [3.63, 3.8) is 0 Å². The molecular formula is C21H34IN5O. The number of guanidine groups is 1. The van der Waals surface area contributed by atoms with Crippen LogP contribution in [0.1, 0.15) is 36.7 Å². The van der Waals surface area contributed by atoms with E-state index in [1.807, 2.05) is 25.4 Å². The first-order valence-electron chi connectivity index (χ1n) is 9.77. The zero-order valence-electron chi connectivity index (χ0n) is 17.5. The van der Waals surface area contributed by atoms with E-state index >= 15 is 0 Å². The van der Waals surface area contributed by atoms with Gasteiger partial charge in [-0.1, -0.05) is 17.7 Å². The molecule has 0 aliphatic carbocycles. The van der Waals surface area contributed by atoms with Gasteiger partial charge in [0.15, 0.2) is 5.96 Å². The van der Waals surface area contributed by atoms with Crippen LogP contribution in [0.4, 0.5) is 0 Å². The van der Waals surface area contributed by atoms with Gasteiger partial charge < -0.3 is 19.9 Å². The lowest BCUT2D eigenvalue weighted by molar-refractivity contribution is 0.409. The van der Waals surface area contributed by atoms with Crippen LogP contribution in [0.15, 0.2) is 35.6 Å². The normalized spacial score (nSPS) is 11.1. The molecule has 7 heteroatoms. The van der Waals surface area contributed by atoms with E-state index in [4.69, 9.17) is 4.74 Å². The summed E-state index contributed by atoms with van der Waals surface area (Å²) in [5, 5.41) is 6.74. The maximum absolute atomic E-state index is 5.46. The zero-order valence-corrected chi connectivity index (χ0v) is 19.8. The molecule has 2 N–H and O–H groups in total. The molecule has 1 aromatic heterocycles. The smallest absolute Gasteiger partial charge is 0.191 e. The molecule has 0 amide bonds. The van der Waals surface area contributed by atoms with Crippen molar-refractivity contribution in [1.82, 2.24) is 20.2 Å². The molecule has 156 valence electrons. The van der Waals surface area contributed by atoms with E-state index in [9.17, 15) is 0 Å². The molecule has 0 bridgehead atoms. The molecule has 0 aliphatic heterocycles. The fraction of sp³-hybridized carbons (Fsp3) is 0.524. The summed E-state index contributed by atoms with van der Waals surface area (Å²) in [4.78, 5) is 8.94. The van der Waals surface area contributed by atoms with Crippen LogP contribution >= 0.6 is 24.0 Å². The summed E-state index contributed by atoms with van der Waals surface area (Å²) >= 11 is 0. The van der Waals surface area contributed by atoms with Crippen LogP contribution in [-0.4, -0.2) is 42.3 Å². The lowest BCUT2D eigenvalue weighted by atomic mass is 10.1. The Morgan fingerprint density at radius 3 is 2.71 bits per heavy atom. The number of benzene rings is 1. The number of nitrogens with one attached hydrogen (secondary N) is 2. The second kappa shape index (κ2) is 13.4. The van der Waals surface area contributed by atoms with Crippen molar-refractivity contribution >= 4 is 29.9 Å². The van der Waals surface area contributed by atoms with Crippen molar-refractivity contribution < 1.29 is 4.74 Å². The van der Waals surface area contributed by atoms with Gasteiger partial charge in [-0.3, -0.25) is 4.99 Å². The first-order valence-corrected chi connectivity index (χ1v) is 9.77. The van der Waals surface area contributed by atoms with E-state index in [1.165, 1.54) is 11.1 Å². The summed E-state index contributed by atoms with van der Waals surface area (Å²) in [5.41, 5.74) is 2.47. The molecule has 6 nitrogen and oxygen atoms in total. The maximum atomic E-state index is 5.46. The monoisotopic (exact) mass is 499 g/mol. The highest BCUT2D eigenvalue weighted by atomic mass is 127. The molecule has 0 atom stereocenters. The van der Waals surface area contributed by atoms with E-state index < -0.39 is 0 Å². The third kappa shape index (κ3) is 8.08. The summed E-state index contributed by atoms with van der Waals surface area (Å²) < 4.78 is 7.64. The number of imidazole rings is 1. The minimum absolute atomic E-state index is 0. The summed E-state index contributed by atoms with van der Waals surface area (Å²) in [5.74, 6) is 2.89. The van der Waals surface area contributed by atoms with Gasteiger partial charge in [0, 0.05) is 38.6 Å². The van der Waals surface area contributed by atoms with Crippen LogP contribution in [0, 0.1) is 13.8 Å². The second-order valence-corrected chi connectivity index (χ2v) is 6.63. The molecule has 2 aromatic rings. The molecule has 0 spiro atoms. The first kappa shape index (κ1) is 24.3. The fourth-order valence-corrected chi connectivity index (χ4v) is 2.98. The molecule has 0 aliphatic rings. The number of hydrogen-bond donors (Lipinski definition) is 2. The molecule has 0 radical (unpaired) electrons. The topological polar surface area (TPSA) is 63.5 Å². The molecule has 2 rings (SSSR count). The Labute approximate surface area is 186 Å². The van der Waals surface area contributed by atoms with Crippen LogP contribution in [-0.2, 0) is 13.0 Å². The molecule has 1 aromatic carbocycles. The summed E-state index contributed by atoms with van der Waals surface area (Å²) in [6.45, 7) is 9.72. The van der Waals surface area contributed by atoms with Gasteiger partial charge in [0.05, 0.1) is 7.11 Å². The van der Waals surface area contributed by atoms with Crippen molar-refractivity contribution in [2.75, 3.05) is 26.7 Å². The average Bonchev–Trinajstić information content (AvgIpc) is 3.06. The number of nitrogens with zero attached hydrogens (tertiary/aromatic N) is 3. The highest BCUT2D eigenvalue weighted by molar-refractivity contribution is 14.0. The Hall–Kier alpha value is -1.77. The molecule has 28 heavy (non-hydrogen) atoms. The number of rotatable bonds is 10. The third-order valence-electron chi connectivity index (χ3n) is 4.47. The lowest BCUT2D eigenvalue weighted by Crippen LogP contribution is -2.38. The minimum Gasteiger partial charge on any atom is -0.496 e. The largest absolute Gasteiger partial charge is 0.496 e. The van der Waals surface area contributed by atoms with Crippen molar-refractivity contribution in [3.8, 4) is 5.75 Å². The van der Waals surface area contributed by atoms with Crippen LogP contribution in [0.5, 0.6) is 5.75 Å². The van der Waals surface area contributed by atoms with Crippen molar-refractivity contribution in [2.45, 2.75) is 46.6 Å². The Balaban J connectivity index is 0.00000392. The molecule has 0 unspecified atom stereocenters. The van der Waals surface area contributed by atoms with Gasteiger partial charge in [0.2, 0.25) is 0 Å². The quantitative estimate of drug-likeness (QED) is 0.227.